The van der Waals surface area contributed by atoms with Crippen LogP contribution in [-0.4, -0.2) is 101 Å². The summed E-state index contributed by atoms with van der Waals surface area (Å²) in [7, 11) is 0. The molecule has 4 aromatic rings. The second kappa shape index (κ2) is 14.0. The predicted octanol–water partition coefficient (Wildman–Crippen LogP) is 3.41. The van der Waals surface area contributed by atoms with Crippen molar-refractivity contribution in [1.82, 2.24) is 38.9 Å². The topological polar surface area (TPSA) is 171 Å². The van der Waals surface area contributed by atoms with Crippen molar-refractivity contribution in [2.45, 2.75) is 46.3 Å². The number of piperazine rings is 1. The Morgan fingerprint density at radius 3 is 2.46 bits per heavy atom. The third kappa shape index (κ3) is 6.73. The molecule has 7 rings (SSSR count). The van der Waals surface area contributed by atoms with Crippen LogP contribution in [0.2, 0.25) is 5.02 Å². The minimum atomic E-state index is -4.62. The number of anilines is 2. The molecule has 1 aromatic carbocycles. The molecule has 0 radical (unpaired) electrons. The summed E-state index contributed by atoms with van der Waals surface area (Å²) in [5, 5.41) is 17.3. The van der Waals surface area contributed by atoms with E-state index >= 15 is 0 Å². The third-order valence-corrected chi connectivity index (χ3v) is 10.6. The number of rotatable bonds is 7. The minimum absolute atomic E-state index is 0.00482. The fourth-order valence-corrected chi connectivity index (χ4v) is 7.66. The van der Waals surface area contributed by atoms with E-state index in [1.54, 1.807) is 16.4 Å². The van der Waals surface area contributed by atoms with E-state index in [4.69, 9.17) is 16.6 Å². The Balaban J connectivity index is 1.23. The van der Waals surface area contributed by atoms with Crippen molar-refractivity contribution in [2.24, 2.45) is 11.8 Å². The van der Waals surface area contributed by atoms with Gasteiger partial charge in [-0.2, -0.15) is 22.7 Å². The number of allylic oxidation sites excluding steroid dienone is 1. The number of aryl methyl sites for hydroxylation is 1. The van der Waals surface area contributed by atoms with Crippen molar-refractivity contribution in [1.29, 1.82) is 0 Å². The molecule has 2 atom stereocenters. The SMILES string of the molecule is CCc1c(N2CCN(C(=O)c3ncnc(C)c3O)CC2)c(=O)n2nc(C3=CC4CN(C(C)=O)CC4C3)nc2n1CC(=O)Nc1ccc(C(F)(F)F)cc1Cl. The number of nitrogens with one attached hydrogen (secondary N) is 1. The van der Waals surface area contributed by atoms with Crippen LogP contribution >= 0.6 is 11.6 Å². The number of hydrogen-bond acceptors (Lipinski definition) is 10. The van der Waals surface area contributed by atoms with Crippen molar-refractivity contribution in [2.75, 3.05) is 49.5 Å². The maximum atomic E-state index is 14.4. The molecule has 3 aromatic heterocycles. The monoisotopic (exact) mass is 768 g/mol. The smallest absolute Gasteiger partial charge is 0.416 e. The van der Waals surface area contributed by atoms with Gasteiger partial charge in [-0.3, -0.25) is 19.2 Å². The van der Waals surface area contributed by atoms with Crippen LogP contribution in [0.1, 0.15) is 53.5 Å². The molecule has 3 aliphatic rings. The molecule has 1 aliphatic carbocycles. The van der Waals surface area contributed by atoms with E-state index in [1.165, 1.54) is 18.2 Å². The summed E-state index contributed by atoms with van der Waals surface area (Å²) >= 11 is 6.14. The first-order chi connectivity index (χ1) is 25.6. The maximum Gasteiger partial charge on any atom is 0.416 e. The Morgan fingerprint density at radius 2 is 1.81 bits per heavy atom. The molecule has 3 amide bonds. The van der Waals surface area contributed by atoms with Gasteiger partial charge in [0.1, 0.15) is 18.6 Å². The first-order valence-electron chi connectivity index (χ1n) is 17.3. The number of hydrogen-bond donors (Lipinski definition) is 2. The Bertz CT molecular complexity index is 2280. The number of amides is 3. The fraction of sp³-hybridized carbons (Fsp3) is 0.429. The molecule has 2 saturated heterocycles. The van der Waals surface area contributed by atoms with Crippen LogP contribution in [0.3, 0.4) is 0 Å². The van der Waals surface area contributed by atoms with Crippen LogP contribution < -0.4 is 15.8 Å². The van der Waals surface area contributed by atoms with Gasteiger partial charge in [0, 0.05) is 46.2 Å². The summed E-state index contributed by atoms with van der Waals surface area (Å²) in [6.45, 7) is 6.51. The van der Waals surface area contributed by atoms with E-state index in [0.717, 1.165) is 28.3 Å². The van der Waals surface area contributed by atoms with Crippen LogP contribution in [-0.2, 0) is 28.7 Å². The lowest BCUT2D eigenvalue weighted by molar-refractivity contribution is -0.137. The maximum absolute atomic E-state index is 14.4. The number of fused-ring (bicyclic) bond motifs is 2. The van der Waals surface area contributed by atoms with Crippen LogP contribution in [0.5, 0.6) is 5.75 Å². The normalized spacial score (nSPS) is 18.6. The van der Waals surface area contributed by atoms with Gasteiger partial charge in [-0.1, -0.05) is 24.6 Å². The Labute approximate surface area is 311 Å². The van der Waals surface area contributed by atoms with Gasteiger partial charge in [-0.25, -0.2) is 9.97 Å². The summed E-state index contributed by atoms with van der Waals surface area (Å²) in [5.74, 6) is -0.721. The molecule has 2 aliphatic heterocycles. The van der Waals surface area contributed by atoms with Crippen molar-refractivity contribution in [3.8, 4) is 5.75 Å². The number of carbonyl (C=O) groups is 3. The van der Waals surface area contributed by atoms with Gasteiger partial charge in [0.2, 0.25) is 17.6 Å². The standard InChI is InChI=1S/C35H36ClF3N10O5/c1-4-26-29(45-7-9-46(10-8-45)32(53)28-30(52)18(2)40-17-41-28)33(54)49-34(43-31(44-49)20-11-21-14-47(19(3)50)15-22(21)12-20)48(26)16-27(51)42-25-6-5-23(13-24(25)36)35(37,38)39/h5-6,11,13,17,21-22,52H,4,7-10,12,14-16H2,1-3H3,(H,42,51). The van der Waals surface area contributed by atoms with Crippen molar-refractivity contribution < 1.29 is 32.7 Å². The average molecular weight is 769 g/mol. The van der Waals surface area contributed by atoms with Crippen molar-refractivity contribution in [3.63, 3.8) is 0 Å². The van der Waals surface area contributed by atoms with Crippen molar-refractivity contribution in [3.05, 3.63) is 74.4 Å². The van der Waals surface area contributed by atoms with Gasteiger partial charge >= 0.3 is 6.18 Å². The number of benzene rings is 1. The molecule has 2 unspecified atom stereocenters. The highest BCUT2D eigenvalue weighted by Crippen LogP contribution is 2.40. The summed E-state index contributed by atoms with van der Waals surface area (Å²) in [6.07, 6.45) is -0.519. The lowest BCUT2D eigenvalue weighted by Crippen LogP contribution is -2.51. The zero-order valence-corrected chi connectivity index (χ0v) is 30.3. The van der Waals surface area contributed by atoms with E-state index in [1.807, 2.05) is 17.9 Å². The highest BCUT2D eigenvalue weighted by Gasteiger charge is 2.39. The van der Waals surface area contributed by atoms with Gasteiger partial charge in [0.15, 0.2) is 17.3 Å². The van der Waals surface area contributed by atoms with E-state index < -0.39 is 35.7 Å². The number of aromatic nitrogens is 6. The first-order valence-corrected chi connectivity index (χ1v) is 17.7. The summed E-state index contributed by atoms with van der Waals surface area (Å²) < 4.78 is 42.5. The molecule has 2 fully saturated rings. The fourth-order valence-electron chi connectivity index (χ4n) is 7.43. The number of carbonyl (C=O) groups excluding carboxylic acids is 3. The van der Waals surface area contributed by atoms with E-state index in [9.17, 15) is 37.5 Å². The van der Waals surface area contributed by atoms with Crippen LogP contribution in [0.4, 0.5) is 24.5 Å². The molecular weight excluding hydrogens is 733 g/mol. The molecule has 2 N–H and O–H groups in total. The quantitative estimate of drug-likeness (QED) is 0.284. The lowest BCUT2D eigenvalue weighted by Gasteiger charge is -2.36. The van der Waals surface area contributed by atoms with Gasteiger partial charge in [0.25, 0.3) is 11.5 Å². The Hall–Kier alpha value is -5.52. The molecule has 19 heteroatoms. The second-order valence-corrected chi connectivity index (χ2v) is 14.0. The lowest BCUT2D eigenvalue weighted by atomic mass is 10.00. The average Bonchev–Trinajstić information content (AvgIpc) is 3.85. The largest absolute Gasteiger partial charge is 0.504 e. The van der Waals surface area contributed by atoms with Crippen LogP contribution in [0.15, 0.2) is 35.4 Å². The van der Waals surface area contributed by atoms with E-state index in [2.05, 4.69) is 20.4 Å². The molecule has 5 heterocycles. The molecule has 54 heavy (non-hydrogen) atoms. The molecule has 0 saturated carbocycles. The van der Waals surface area contributed by atoms with E-state index in [-0.39, 0.29) is 89.7 Å². The molecule has 0 bridgehead atoms. The minimum Gasteiger partial charge on any atom is -0.504 e. The molecule has 15 nitrogen and oxygen atoms in total. The molecule has 284 valence electrons. The first kappa shape index (κ1) is 36.8. The molecule has 0 spiro atoms. The number of halogens is 4. The van der Waals surface area contributed by atoms with Gasteiger partial charge in [-0.05, 0) is 55.4 Å². The number of nitrogens with zero attached hydrogens (tertiary/aromatic N) is 9. The zero-order chi connectivity index (χ0) is 38.6. The summed E-state index contributed by atoms with van der Waals surface area (Å²) in [6, 6.07) is 2.62. The molecular formula is C35H36ClF3N10O5. The Kier molecular flexibility index (Phi) is 9.57. The highest BCUT2D eigenvalue weighted by atomic mass is 35.5. The van der Waals surface area contributed by atoms with Gasteiger partial charge in [0.05, 0.1) is 27.7 Å². The Morgan fingerprint density at radius 1 is 1.07 bits per heavy atom. The number of aromatic hydroxyl groups is 1. The van der Waals surface area contributed by atoms with Gasteiger partial charge < -0.3 is 29.7 Å². The summed E-state index contributed by atoms with van der Waals surface area (Å²) in [4.78, 5) is 71.0. The summed E-state index contributed by atoms with van der Waals surface area (Å²) in [5.41, 5.74) is 0.198. The third-order valence-electron chi connectivity index (χ3n) is 10.2. The second-order valence-electron chi connectivity index (χ2n) is 13.6. The zero-order valence-electron chi connectivity index (χ0n) is 29.5. The highest BCUT2D eigenvalue weighted by molar-refractivity contribution is 6.33. The van der Waals surface area contributed by atoms with Crippen LogP contribution in [0, 0.1) is 18.8 Å². The predicted molar refractivity (Wildman–Crippen MR) is 190 cm³/mol. The van der Waals surface area contributed by atoms with Crippen LogP contribution in [0.25, 0.3) is 11.4 Å². The van der Waals surface area contributed by atoms with Crippen molar-refractivity contribution >= 4 is 52.0 Å². The van der Waals surface area contributed by atoms with Gasteiger partial charge in [-0.15, -0.1) is 5.10 Å². The number of alkyl halides is 3. The van der Waals surface area contributed by atoms with E-state index in [0.29, 0.717) is 31.0 Å². The number of likely N-dealkylation sites (tertiary alicyclic amines) is 1.